The van der Waals surface area contributed by atoms with Crippen molar-refractivity contribution in [3.8, 4) is 17.2 Å². The molecule has 4 heteroatoms. The van der Waals surface area contributed by atoms with Crippen LogP contribution in [0.4, 0.5) is 0 Å². The zero-order valence-corrected chi connectivity index (χ0v) is 19.7. The summed E-state index contributed by atoms with van der Waals surface area (Å²) in [4.78, 5) is 12.7. The quantitative estimate of drug-likeness (QED) is 0.248. The third-order valence-electron chi connectivity index (χ3n) is 5.70. The van der Waals surface area contributed by atoms with Gasteiger partial charge in [0.25, 0.3) is 0 Å². The Morgan fingerprint density at radius 2 is 1.56 bits per heavy atom. The molecule has 170 valence electrons. The van der Waals surface area contributed by atoms with Crippen molar-refractivity contribution in [2.24, 2.45) is 0 Å². The molecule has 0 radical (unpaired) electrons. The molecule has 2 N–H and O–H groups in total. The average Bonchev–Trinajstić information content (AvgIpc) is 2.76. The number of ether oxygens (including phenoxy) is 1. The molecular weight excluding hydrogens is 400 g/mol. The van der Waals surface area contributed by atoms with Gasteiger partial charge in [-0.3, -0.25) is 4.79 Å². The van der Waals surface area contributed by atoms with Gasteiger partial charge in [0.1, 0.15) is 17.2 Å². The van der Waals surface area contributed by atoms with Gasteiger partial charge in [-0.1, -0.05) is 46.8 Å². The van der Waals surface area contributed by atoms with Gasteiger partial charge in [0.05, 0.1) is 12.2 Å². The number of carbonyl (C=O) groups excluding carboxylic acids is 1. The van der Waals surface area contributed by atoms with E-state index in [1.807, 2.05) is 46.8 Å². The Labute approximate surface area is 191 Å². The molecule has 0 heterocycles. The highest BCUT2D eigenvalue weighted by molar-refractivity contribution is 6.07. The number of ketones is 1. The van der Waals surface area contributed by atoms with Crippen LogP contribution in [0.15, 0.2) is 61.7 Å². The molecule has 0 aliphatic rings. The second-order valence-corrected chi connectivity index (χ2v) is 9.01. The minimum atomic E-state index is -0.511. The lowest BCUT2D eigenvalue weighted by atomic mass is 9.76. The van der Waals surface area contributed by atoms with Crippen LogP contribution in [0.25, 0.3) is 6.08 Å². The van der Waals surface area contributed by atoms with Gasteiger partial charge >= 0.3 is 0 Å². The first kappa shape index (κ1) is 25.0. The van der Waals surface area contributed by atoms with Crippen molar-refractivity contribution >= 4 is 11.9 Å². The zero-order valence-electron chi connectivity index (χ0n) is 19.7. The molecule has 2 aromatic carbocycles. The first-order chi connectivity index (χ1) is 15.0. The van der Waals surface area contributed by atoms with Gasteiger partial charge < -0.3 is 14.9 Å². The van der Waals surface area contributed by atoms with E-state index >= 15 is 0 Å². The Morgan fingerprint density at radius 1 is 1.00 bits per heavy atom. The van der Waals surface area contributed by atoms with E-state index < -0.39 is 10.8 Å². The van der Waals surface area contributed by atoms with Gasteiger partial charge in [0.15, 0.2) is 5.78 Å². The van der Waals surface area contributed by atoms with E-state index in [1.54, 1.807) is 24.3 Å². The molecule has 0 aliphatic carbocycles. The predicted molar refractivity (Wildman–Crippen MR) is 132 cm³/mol. The van der Waals surface area contributed by atoms with E-state index in [-0.39, 0.29) is 17.3 Å². The van der Waals surface area contributed by atoms with Crippen molar-refractivity contribution in [3.63, 3.8) is 0 Å². The third-order valence-corrected chi connectivity index (χ3v) is 5.70. The highest BCUT2D eigenvalue weighted by Crippen LogP contribution is 2.46. The van der Waals surface area contributed by atoms with Crippen molar-refractivity contribution in [2.45, 2.75) is 51.9 Å². The van der Waals surface area contributed by atoms with Gasteiger partial charge in [-0.25, -0.2) is 0 Å². The lowest BCUT2D eigenvalue weighted by molar-refractivity contribution is 0.104. The molecule has 0 aliphatic heterocycles. The van der Waals surface area contributed by atoms with Crippen LogP contribution < -0.4 is 4.74 Å². The van der Waals surface area contributed by atoms with E-state index in [1.165, 1.54) is 18.2 Å². The SMILES string of the molecule is C=CC(C)(C)c1cc(C(C)(C)C=C)c(OCCC)c(C=CC(=O)c2ccc(O)cc2)c1O. The van der Waals surface area contributed by atoms with Gasteiger partial charge in [-0.05, 0) is 48.9 Å². The summed E-state index contributed by atoms with van der Waals surface area (Å²) in [6.07, 6.45) is 7.44. The Balaban J connectivity index is 2.76. The minimum absolute atomic E-state index is 0.0550. The lowest BCUT2D eigenvalue weighted by Crippen LogP contribution is -2.20. The maximum Gasteiger partial charge on any atom is 0.185 e. The normalized spacial score (nSPS) is 12.0. The molecule has 0 bridgehead atoms. The van der Waals surface area contributed by atoms with Gasteiger partial charge in [0, 0.05) is 27.5 Å². The molecule has 0 aromatic heterocycles. The first-order valence-electron chi connectivity index (χ1n) is 10.8. The number of phenols is 2. The fraction of sp³-hybridized carbons (Fsp3) is 0.321. The summed E-state index contributed by atoms with van der Waals surface area (Å²) < 4.78 is 6.11. The summed E-state index contributed by atoms with van der Waals surface area (Å²) in [6, 6.07) is 7.99. The standard InChI is InChI=1S/C28H34O4/c1-8-17-32-26-21(15-16-24(30)19-11-13-20(29)14-12-19)25(31)22(27(4,5)9-2)18-23(26)28(6,7)10-3/h9-16,18,29,31H,2-3,8,17H2,1,4-7H3. The molecule has 0 fully saturated rings. The predicted octanol–water partition coefficient (Wildman–Crippen LogP) is 6.71. The van der Waals surface area contributed by atoms with E-state index in [4.69, 9.17) is 4.74 Å². The van der Waals surface area contributed by atoms with Crippen LogP contribution in [0.5, 0.6) is 17.2 Å². The molecule has 0 atom stereocenters. The lowest BCUT2D eigenvalue weighted by Gasteiger charge is -2.30. The van der Waals surface area contributed by atoms with Gasteiger partial charge in [-0.2, -0.15) is 0 Å². The molecule has 0 saturated carbocycles. The fourth-order valence-corrected chi connectivity index (χ4v) is 3.26. The van der Waals surface area contributed by atoms with Crippen LogP contribution in [0, 0.1) is 0 Å². The zero-order chi connectivity index (χ0) is 24.1. The number of hydrogen-bond donors (Lipinski definition) is 2. The summed E-state index contributed by atoms with van der Waals surface area (Å²) in [5.41, 5.74) is 1.50. The second kappa shape index (κ2) is 9.90. The molecule has 0 spiro atoms. The molecule has 0 amide bonds. The number of aromatic hydroxyl groups is 2. The molecular formula is C28H34O4. The second-order valence-electron chi connectivity index (χ2n) is 9.01. The van der Waals surface area contributed by atoms with Crippen LogP contribution in [0.2, 0.25) is 0 Å². The van der Waals surface area contributed by atoms with Crippen LogP contribution in [0.3, 0.4) is 0 Å². The summed E-state index contributed by atoms with van der Waals surface area (Å²) in [7, 11) is 0. The third kappa shape index (κ3) is 5.31. The van der Waals surface area contributed by atoms with Gasteiger partial charge in [-0.15, -0.1) is 13.2 Å². The van der Waals surface area contributed by atoms with E-state index in [9.17, 15) is 15.0 Å². The number of hydrogen-bond acceptors (Lipinski definition) is 4. The largest absolute Gasteiger partial charge is 0.508 e. The molecule has 2 aromatic rings. The number of phenolic OH excluding ortho intramolecular Hbond substituents is 2. The van der Waals surface area contributed by atoms with Crippen molar-refractivity contribution in [3.05, 3.63) is 84.0 Å². The molecule has 2 rings (SSSR count). The number of carbonyl (C=O) groups is 1. The summed E-state index contributed by atoms with van der Waals surface area (Å²) in [6.45, 7) is 18.4. The van der Waals surface area contributed by atoms with Crippen LogP contribution >= 0.6 is 0 Å². The Hall–Kier alpha value is -3.27. The van der Waals surface area contributed by atoms with Crippen molar-refractivity contribution in [2.75, 3.05) is 6.61 Å². The maximum absolute atomic E-state index is 12.7. The van der Waals surface area contributed by atoms with Crippen molar-refractivity contribution in [1.82, 2.24) is 0 Å². The van der Waals surface area contributed by atoms with E-state index in [0.717, 1.165) is 12.0 Å². The topological polar surface area (TPSA) is 66.8 Å². The fourth-order valence-electron chi connectivity index (χ4n) is 3.26. The molecule has 0 saturated heterocycles. The highest BCUT2D eigenvalue weighted by Gasteiger charge is 2.31. The summed E-state index contributed by atoms with van der Waals surface area (Å²) in [5.74, 6) is 0.435. The highest BCUT2D eigenvalue weighted by atomic mass is 16.5. The Morgan fingerprint density at radius 3 is 2.09 bits per heavy atom. The average molecular weight is 435 g/mol. The van der Waals surface area contributed by atoms with Gasteiger partial charge in [0.2, 0.25) is 0 Å². The van der Waals surface area contributed by atoms with Crippen LogP contribution in [-0.4, -0.2) is 22.6 Å². The van der Waals surface area contributed by atoms with Crippen LogP contribution in [0.1, 0.15) is 68.1 Å². The van der Waals surface area contributed by atoms with Crippen LogP contribution in [-0.2, 0) is 10.8 Å². The van der Waals surface area contributed by atoms with Crippen molar-refractivity contribution < 1.29 is 19.7 Å². The molecule has 32 heavy (non-hydrogen) atoms. The monoisotopic (exact) mass is 434 g/mol. The number of allylic oxidation sites excluding steroid dienone is 3. The number of benzene rings is 2. The minimum Gasteiger partial charge on any atom is -0.508 e. The maximum atomic E-state index is 12.7. The van der Waals surface area contributed by atoms with Crippen molar-refractivity contribution in [1.29, 1.82) is 0 Å². The smallest absolute Gasteiger partial charge is 0.185 e. The molecule has 4 nitrogen and oxygen atoms in total. The number of rotatable bonds is 10. The van der Waals surface area contributed by atoms with E-state index in [0.29, 0.717) is 29.0 Å². The Kier molecular flexibility index (Phi) is 7.73. The van der Waals surface area contributed by atoms with E-state index in [2.05, 4.69) is 13.2 Å². The summed E-state index contributed by atoms with van der Waals surface area (Å²) in [5, 5.41) is 20.7. The summed E-state index contributed by atoms with van der Waals surface area (Å²) >= 11 is 0. The molecule has 0 unspecified atom stereocenters. The first-order valence-corrected chi connectivity index (χ1v) is 10.8. The Bertz CT molecular complexity index is 1020.